The Balaban J connectivity index is 1.45. The van der Waals surface area contributed by atoms with Crippen LogP contribution in [0.4, 0.5) is 11.4 Å². The fourth-order valence-electron chi connectivity index (χ4n) is 3.46. The average Bonchev–Trinajstić information content (AvgIpc) is 2.84. The van der Waals surface area contributed by atoms with Crippen molar-refractivity contribution in [3.8, 4) is 11.5 Å². The number of hydrogen-bond acceptors (Lipinski definition) is 5. The minimum absolute atomic E-state index is 0.353. The van der Waals surface area contributed by atoms with Crippen molar-refractivity contribution in [2.24, 2.45) is 4.99 Å². The fraction of sp³-hybridized carbons (Fsp3) is 0.240. The summed E-state index contributed by atoms with van der Waals surface area (Å²) in [6.07, 6.45) is 1.83. The summed E-state index contributed by atoms with van der Waals surface area (Å²) in [5.41, 5.74) is 3.93. The number of aliphatic imine (C=N–C) groups is 1. The zero-order valence-electron chi connectivity index (χ0n) is 18.1. The maximum absolute atomic E-state index is 6.10. The van der Waals surface area contributed by atoms with E-state index >= 15 is 0 Å². The Hall–Kier alpha value is -2.00. The minimum Gasteiger partial charge on any atom is -0.493 e. The summed E-state index contributed by atoms with van der Waals surface area (Å²) in [5.74, 6) is 1.32. The van der Waals surface area contributed by atoms with Gasteiger partial charge < -0.3 is 19.1 Å². The lowest BCUT2D eigenvalue weighted by molar-refractivity contribution is 0.122. The summed E-state index contributed by atoms with van der Waals surface area (Å²) < 4.78 is 18.0. The molecule has 4 rings (SSSR count). The molecule has 0 spiro atoms. The highest BCUT2D eigenvalue weighted by Crippen LogP contribution is 2.35. The lowest BCUT2D eigenvalue weighted by Crippen LogP contribution is -2.36. The Kier molecular flexibility index (Phi) is 8.35. The van der Waals surface area contributed by atoms with Gasteiger partial charge in [0.15, 0.2) is 11.5 Å². The number of nitrogens with zero attached hydrogens (tertiary/aromatic N) is 2. The first kappa shape index (κ1) is 24.1. The van der Waals surface area contributed by atoms with Gasteiger partial charge in [-0.1, -0.05) is 29.3 Å². The van der Waals surface area contributed by atoms with E-state index in [2.05, 4.69) is 44.6 Å². The first-order chi connectivity index (χ1) is 16.0. The first-order valence-corrected chi connectivity index (χ1v) is 12.3. The van der Waals surface area contributed by atoms with Gasteiger partial charge in [0.1, 0.15) is 6.61 Å². The third-order valence-electron chi connectivity index (χ3n) is 5.21. The van der Waals surface area contributed by atoms with Crippen molar-refractivity contribution in [2.45, 2.75) is 6.61 Å². The highest BCUT2D eigenvalue weighted by atomic mass is 127. The van der Waals surface area contributed by atoms with Crippen LogP contribution in [0.15, 0.2) is 59.6 Å². The number of halogens is 3. The van der Waals surface area contributed by atoms with Gasteiger partial charge in [-0.2, -0.15) is 0 Å². The van der Waals surface area contributed by atoms with Gasteiger partial charge in [0.05, 0.1) is 39.6 Å². The van der Waals surface area contributed by atoms with Crippen molar-refractivity contribution in [1.29, 1.82) is 0 Å². The minimum atomic E-state index is 0.353. The van der Waals surface area contributed by atoms with E-state index in [0.29, 0.717) is 28.2 Å². The van der Waals surface area contributed by atoms with E-state index in [1.807, 2.05) is 36.5 Å². The SMILES string of the molecule is COc1cc(C=Nc2ccc(N3CCOCC3)cc2)cc(I)c1OCc1ccc(Cl)c(Cl)c1. The van der Waals surface area contributed by atoms with Crippen LogP contribution in [0.3, 0.4) is 0 Å². The Morgan fingerprint density at radius 3 is 2.48 bits per heavy atom. The van der Waals surface area contributed by atoms with Crippen molar-refractivity contribution in [2.75, 3.05) is 38.3 Å². The molecule has 3 aromatic carbocycles. The molecular formula is C25H23Cl2IN2O3. The molecule has 5 nitrogen and oxygen atoms in total. The molecule has 172 valence electrons. The number of benzene rings is 3. The van der Waals surface area contributed by atoms with Crippen molar-refractivity contribution in [3.63, 3.8) is 0 Å². The molecule has 0 amide bonds. The summed E-state index contributed by atoms with van der Waals surface area (Å²) in [6, 6.07) is 17.6. The Morgan fingerprint density at radius 2 is 1.79 bits per heavy atom. The van der Waals surface area contributed by atoms with E-state index in [0.717, 1.165) is 46.7 Å². The van der Waals surface area contributed by atoms with E-state index < -0.39 is 0 Å². The summed E-state index contributed by atoms with van der Waals surface area (Å²) in [5, 5.41) is 1.02. The molecule has 3 aromatic rings. The van der Waals surface area contributed by atoms with Crippen molar-refractivity contribution in [1.82, 2.24) is 0 Å². The molecule has 0 N–H and O–H groups in total. The summed E-state index contributed by atoms with van der Waals surface area (Å²) in [4.78, 5) is 6.95. The number of anilines is 1. The predicted molar refractivity (Wildman–Crippen MR) is 143 cm³/mol. The molecular weight excluding hydrogens is 574 g/mol. The maximum Gasteiger partial charge on any atom is 0.174 e. The molecule has 1 fully saturated rings. The smallest absolute Gasteiger partial charge is 0.174 e. The van der Waals surface area contributed by atoms with Crippen molar-refractivity contribution in [3.05, 3.63) is 79.3 Å². The van der Waals surface area contributed by atoms with E-state index in [1.54, 1.807) is 19.2 Å². The van der Waals surface area contributed by atoms with E-state index in [1.165, 1.54) is 5.69 Å². The standard InChI is InChI=1S/C25H23Cl2IN2O3/c1-31-24-14-18(13-23(28)25(24)33-16-17-2-7-21(26)22(27)12-17)15-29-19-3-5-20(6-4-19)30-8-10-32-11-9-30/h2-7,12-15H,8-11,16H2,1H3. The quantitative estimate of drug-likeness (QED) is 0.223. The lowest BCUT2D eigenvalue weighted by atomic mass is 10.2. The molecule has 1 aliphatic heterocycles. The number of hydrogen-bond donors (Lipinski definition) is 0. The van der Waals surface area contributed by atoms with Gasteiger partial charge in [0, 0.05) is 25.0 Å². The number of rotatable bonds is 7. The summed E-state index contributed by atoms with van der Waals surface area (Å²) in [7, 11) is 1.63. The molecule has 0 saturated carbocycles. The Morgan fingerprint density at radius 1 is 1.03 bits per heavy atom. The Labute approximate surface area is 217 Å². The zero-order valence-corrected chi connectivity index (χ0v) is 21.7. The van der Waals surface area contributed by atoms with Crippen molar-refractivity contribution >= 4 is 63.4 Å². The van der Waals surface area contributed by atoms with E-state index in [9.17, 15) is 0 Å². The molecule has 0 unspecified atom stereocenters. The zero-order chi connectivity index (χ0) is 23.2. The first-order valence-electron chi connectivity index (χ1n) is 10.4. The van der Waals surface area contributed by atoms with Crippen LogP contribution in [0.2, 0.25) is 10.0 Å². The molecule has 0 atom stereocenters. The molecule has 1 aliphatic rings. The van der Waals surface area contributed by atoms with Crippen LogP contribution < -0.4 is 14.4 Å². The van der Waals surface area contributed by atoms with Gasteiger partial charge in [-0.05, 0) is 82.2 Å². The second-order valence-corrected chi connectivity index (χ2v) is 9.42. The van der Waals surface area contributed by atoms with Crippen LogP contribution >= 0.6 is 45.8 Å². The summed E-state index contributed by atoms with van der Waals surface area (Å²) in [6.45, 7) is 3.73. The van der Waals surface area contributed by atoms with Gasteiger partial charge in [-0.3, -0.25) is 4.99 Å². The van der Waals surface area contributed by atoms with Gasteiger partial charge in [-0.25, -0.2) is 0 Å². The predicted octanol–water partition coefficient (Wildman–Crippen LogP) is 6.77. The topological polar surface area (TPSA) is 43.3 Å². The maximum atomic E-state index is 6.10. The van der Waals surface area contributed by atoms with Gasteiger partial charge in [0.25, 0.3) is 0 Å². The van der Waals surface area contributed by atoms with Crippen LogP contribution in [-0.2, 0) is 11.3 Å². The molecule has 0 aliphatic carbocycles. The second kappa shape index (κ2) is 11.4. The highest BCUT2D eigenvalue weighted by Gasteiger charge is 2.13. The molecule has 0 radical (unpaired) electrons. The van der Waals surface area contributed by atoms with Crippen LogP contribution in [0.25, 0.3) is 0 Å². The average molecular weight is 597 g/mol. The molecule has 1 saturated heterocycles. The van der Waals surface area contributed by atoms with Crippen LogP contribution in [0.1, 0.15) is 11.1 Å². The van der Waals surface area contributed by atoms with E-state index in [-0.39, 0.29) is 0 Å². The monoisotopic (exact) mass is 596 g/mol. The van der Waals surface area contributed by atoms with Crippen LogP contribution in [0.5, 0.6) is 11.5 Å². The Bertz CT molecular complexity index is 1130. The van der Waals surface area contributed by atoms with Crippen LogP contribution in [0, 0.1) is 3.57 Å². The molecule has 33 heavy (non-hydrogen) atoms. The largest absolute Gasteiger partial charge is 0.493 e. The third kappa shape index (κ3) is 6.32. The molecule has 0 bridgehead atoms. The lowest BCUT2D eigenvalue weighted by Gasteiger charge is -2.28. The number of methoxy groups -OCH3 is 1. The number of ether oxygens (including phenoxy) is 3. The van der Waals surface area contributed by atoms with Crippen LogP contribution in [-0.4, -0.2) is 39.6 Å². The third-order valence-corrected chi connectivity index (χ3v) is 6.75. The second-order valence-electron chi connectivity index (χ2n) is 7.45. The molecule has 0 aromatic heterocycles. The van der Waals surface area contributed by atoms with Gasteiger partial charge in [-0.15, -0.1) is 0 Å². The van der Waals surface area contributed by atoms with Gasteiger partial charge in [0.2, 0.25) is 0 Å². The normalized spacial score (nSPS) is 14.0. The van der Waals surface area contributed by atoms with Gasteiger partial charge >= 0.3 is 0 Å². The fourth-order valence-corrected chi connectivity index (χ4v) is 4.56. The molecule has 8 heteroatoms. The highest BCUT2D eigenvalue weighted by molar-refractivity contribution is 14.1. The molecule has 1 heterocycles. The number of morpholine rings is 1. The van der Waals surface area contributed by atoms with E-state index in [4.69, 9.17) is 37.4 Å². The van der Waals surface area contributed by atoms with Crippen molar-refractivity contribution < 1.29 is 14.2 Å². The summed E-state index contributed by atoms with van der Waals surface area (Å²) >= 11 is 14.3.